The van der Waals surface area contributed by atoms with Crippen molar-refractivity contribution in [1.29, 1.82) is 0 Å². The van der Waals surface area contributed by atoms with E-state index in [0.717, 1.165) is 39.1 Å². The molecule has 16 heavy (non-hydrogen) atoms. The first-order chi connectivity index (χ1) is 7.88. The van der Waals surface area contributed by atoms with Crippen LogP contribution in [0.5, 0.6) is 5.88 Å². The molecule has 4 nitrogen and oxygen atoms in total. The highest BCUT2D eigenvalue weighted by Gasteiger charge is 2.08. The lowest BCUT2D eigenvalue weighted by Crippen LogP contribution is -2.44. The summed E-state index contributed by atoms with van der Waals surface area (Å²) in [5.74, 6) is 0.686. The second-order valence-electron chi connectivity index (χ2n) is 4.05. The number of pyridine rings is 1. The average molecular weight is 221 g/mol. The lowest BCUT2D eigenvalue weighted by molar-refractivity contribution is 0.244. The van der Waals surface area contributed by atoms with Crippen LogP contribution in [0.15, 0.2) is 18.3 Å². The van der Waals surface area contributed by atoms with E-state index in [-0.39, 0.29) is 0 Å². The first-order valence-corrected chi connectivity index (χ1v) is 5.80. The van der Waals surface area contributed by atoms with Crippen molar-refractivity contribution in [1.82, 2.24) is 15.2 Å². The molecule has 0 spiro atoms. The third-order valence-corrected chi connectivity index (χ3v) is 2.93. The van der Waals surface area contributed by atoms with Crippen molar-refractivity contribution in [2.75, 3.05) is 39.8 Å². The number of rotatable bonds is 4. The van der Waals surface area contributed by atoms with Gasteiger partial charge in [0.25, 0.3) is 0 Å². The third-order valence-electron chi connectivity index (χ3n) is 2.93. The largest absolute Gasteiger partial charge is 0.481 e. The van der Waals surface area contributed by atoms with Crippen LogP contribution in [-0.4, -0.2) is 49.7 Å². The molecule has 1 aromatic rings. The molecule has 0 atom stereocenters. The molecule has 2 heterocycles. The van der Waals surface area contributed by atoms with Crippen LogP contribution in [0.2, 0.25) is 0 Å². The number of piperazine rings is 1. The van der Waals surface area contributed by atoms with E-state index in [2.05, 4.69) is 21.3 Å². The van der Waals surface area contributed by atoms with Crippen molar-refractivity contribution < 1.29 is 4.74 Å². The van der Waals surface area contributed by atoms with Gasteiger partial charge in [0, 0.05) is 45.0 Å². The predicted octanol–water partition coefficient (Wildman–Crippen LogP) is 0.538. The fourth-order valence-electron chi connectivity index (χ4n) is 1.90. The van der Waals surface area contributed by atoms with Gasteiger partial charge in [0.05, 0.1) is 7.11 Å². The fourth-order valence-corrected chi connectivity index (χ4v) is 1.90. The molecule has 88 valence electrons. The summed E-state index contributed by atoms with van der Waals surface area (Å²) in [4.78, 5) is 6.69. The first-order valence-electron chi connectivity index (χ1n) is 5.80. The minimum atomic E-state index is 0.686. The van der Waals surface area contributed by atoms with E-state index in [1.54, 1.807) is 7.11 Å². The molecule has 4 heteroatoms. The molecule has 1 aliphatic rings. The summed E-state index contributed by atoms with van der Waals surface area (Å²) < 4.78 is 5.03. The quantitative estimate of drug-likeness (QED) is 0.805. The van der Waals surface area contributed by atoms with E-state index < -0.39 is 0 Å². The maximum absolute atomic E-state index is 5.03. The van der Waals surface area contributed by atoms with E-state index in [1.165, 1.54) is 5.56 Å². The standard InChI is InChI=1S/C12H19N3O/c1-16-12-3-2-11(10-14-12)4-7-15-8-5-13-6-9-15/h2-3,10,13H,4-9H2,1H3. The van der Waals surface area contributed by atoms with Crippen LogP contribution in [-0.2, 0) is 6.42 Å². The Balaban J connectivity index is 1.79. The van der Waals surface area contributed by atoms with E-state index in [9.17, 15) is 0 Å². The number of ether oxygens (including phenoxy) is 1. The molecule has 1 fully saturated rings. The second kappa shape index (κ2) is 5.82. The average Bonchev–Trinajstić information content (AvgIpc) is 2.38. The normalized spacial score (nSPS) is 17.3. The zero-order valence-electron chi connectivity index (χ0n) is 9.78. The van der Waals surface area contributed by atoms with Gasteiger partial charge in [-0.2, -0.15) is 0 Å². The number of hydrogen-bond donors (Lipinski definition) is 1. The molecule has 0 radical (unpaired) electrons. The lowest BCUT2D eigenvalue weighted by Gasteiger charge is -2.27. The van der Waals surface area contributed by atoms with Crippen LogP contribution in [0, 0.1) is 0 Å². The van der Waals surface area contributed by atoms with Crippen LogP contribution >= 0.6 is 0 Å². The molecule has 1 N–H and O–H groups in total. The van der Waals surface area contributed by atoms with Gasteiger partial charge >= 0.3 is 0 Å². The number of hydrogen-bond acceptors (Lipinski definition) is 4. The zero-order chi connectivity index (χ0) is 11.2. The van der Waals surface area contributed by atoms with Crippen molar-refractivity contribution in [2.45, 2.75) is 6.42 Å². The lowest BCUT2D eigenvalue weighted by atomic mass is 10.2. The minimum Gasteiger partial charge on any atom is -0.481 e. The maximum Gasteiger partial charge on any atom is 0.212 e. The van der Waals surface area contributed by atoms with Crippen LogP contribution in [0.25, 0.3) is 0 Å². The molecule has 1 aliphatic heterocycles. The Morgan fingerprint density at radius 3 is 2.81 bits per heavy atom. The van der Waals surface area contributed by atoms with Crippen molar-refractivity contribution in [3.8, 4) is 5.88 Å². The first kappa shape index (κ1) is 11.4. The van der Waals surface area contributed by atoms with Gasteiger partial charge in [-0.15, -0.1) is 0 Å². The van der Waals surface area contributed by atoms with Gasteiger partial charge in [0.1, 0.15) is 0 Å². The molecule has 1 saturated heterocycles. The Kier molecular flexibility index (Phi) is 4.13. The molecule has 0 amide bonds. The molecule has 0 unspecified atom stereocenters. The van der Waals surface area contributed by atoms with Gasteiger partial charge in [0.15, 0.2) is 0 Å². The summed E-state index contributed by atoms with van der Waals surface area (Å²) in [7, 11) is 1.64. The molecule has 0 bridgehead atoms. The zero-order valence-corrected chi connectivity index (χ0v) is 9.78. The van der Waals surface area contributed by atoms with Gasteiger partial charge in [0.2, 0.25) is 5.88 Å². The fraction of sp³-hybridized carbons (Fsp3) is 0.583. The molecule has 1 aromatic heterocycles. The smallest absolute Gasteiger partial charge is 0.212 e. The summed E-state index contributed by atoms with van der Waals surface area (Å²) in [5.41, 5.74) is 1.28. The summed E-state index contributed by atoms with van der Waals surface area (Å²) in [6.07, 6.45) is 2.97. The van der Waals surface area contributed by atoms with Crippen LogP contribution < -0.4 is 10.1 Å². The number of aromatic nitrogens is 1. The molecule has 0 saturated carbocycles. The van der Waals surface area contributed by atoms with Crippen LogP contribution in [0.4, 0.5) is 0 Å². The molecular formula is C12H19N3O. The Morgan fingerprint density at radius 2 is 2.19 bits per heavy atom. The highest BCUT2D eigenvalue weighted by Crippen LogP contribution is 2.07. The van der Waals surface area contributed by atoms with Gasteiger partial charge in [-0.05, 0) is 12.0 Å². The molecule has 0 aromatic carbocycles. The monoisotopic (exact) mass is 221 g/mol. The van der Waals surface area contributed by atoms with Gasteiger partial charge in [-0.25, -0.2) is 4.98 Å². The van der Waals surface area contributed by atoms with E-state index in [1.807, 2.05) is 12.3 Å². The van der Waals surface area contributed by atoms with Crippen LogP contribution in [0.1, 0.15) is 5.56 Å². The minimum absolute atomic E-state index is 0.686. The number of nitrogens with zero attached hydrogens (tertiary/aromatic N) is 2. The third kappa shape index (κ3) is 3.18. The highest BCUT2D eigenvalue weighted by molar-refractivity contribution is 5.17. The van der Waals surface area contributed by atoms with Crippen molar-refractivity contribution in [3.05, 3.63) is 23.9 Å². The maximum atomic E-state index is 5.03. The Hall–Kier alpha value is -1.13. The summed E-state index contributed by atoms with van der Waals surface area (Å²) in [6, 6.07) is 4.02. The van der Waals surface area contributed by atoms with E-state index in [4.69, 9.17) is 4.74 Å². The SMILES string of the molecule is COc1ccc(CCN2CCNCC2)cn1. The van der Waals surface area contributed by atoms with E-state index >= 15 is 0 Å². The molecule has 2 rings (SSSR count). The predicted molar refractivity (Wildman–Crippen MR) is 63.8 cm³/mol. The Bertz CT molecular complexity index is 307. The molecule has 0 aliphatic carbocycles. The summed E-state index contributed by atoms with van der Waals surface area (Å²) in [6.45, 7) is 5.66. The van der Waals surface area contributed by atoms with Gasteiger partial charge in [-0.1, -0.05) is 6.07 Å². The number of nitrogens with one attached hydrogen (secondary N) is 1. The highest BCUT2D eigenvalue weighted by atomic mass is 16.5. The Labute approximate surface area is 96.6 Å². The second-order valence-corrected chi connectivity index (χ2v) is 4.05. The summed E-state index contributed by atoms with van der Waals surface area (Å²) in [5, 5.41) is 3.36. The topological polar surface area (TPSA) is 37.4 Å². The van der Waals surface area contributed by atoms with Gasteiger partial charge < -0.3 is 15.0 Å². The van der Waals surface area contributed by atoms with E-state index in [0.29, 0.717) is 5.88 Å². The van der Waals surface area contributed by atoms with Crippen molar-refractivity contribution in [3.63, 3.8) is 0 Å². The van der Waals surface area contributed by atoms with Crippen molar-refractivity contribution in [2.24, 2.45) is 0 Å². The Morgan fingerprint density at radius 1 is 1.38 bits per heavy atom. The van der Waals surface area contributed by atoms with Crippen LogP contribution in [0.3, 0.4) is 0 Å². The summed E-state index contributed by atoms with van der Waals surface area (Å²) >= 11 is 0. The van der Waals surface area contributed by atoms with Gasteiger partial charge in [-0.3, -0.25) is 0 Å². The number of methoxy groups -OCH3 is 1. The molecular weight excluding hydrogens is 202 g/mol. The van der Waals surface area contributed by atoms with Crippen molar-refractivity contribution >= 4 is 0 Å².